The maximum atomic E-state index is 12.3. The largest absolute Gasteiger partial charge is 0.376 e. The monoisotopic (exact) mass is 442 g/mol. The lowest BCUT2D eigenvalue weighted by Gasteiger charge is -2.12. The summed E-state index contributed by atoms with van der Waals surface area (Å²) in [4.78, 5) is 40.2. The van der Waals surface area contributed by atoms with Gasteiger partial charge in [0.15, 0.2) is 5.16 Å². The Balaban J connectivity index is 1.51. The Kier molecular flexibility index (Phi) is 6.63. The average molecular weight is 443 g/mol. The van der Waals surface area contributed by atoms with Gasteiger partial charge in [0.05, 0.1) is 11.9 Å². The molecule has 1 aliphatic heterocycles. The molecule has 1 atom stereocenters. The van der Waals surface area contributed by atoms with Crippen molar-refractivity contribution in [2.75, 3.05) is 18.9 Å². The summed E-state index contributed by atoms with van der Waals surface area (Å²) in [5, 5.41) is 11.9. The van der Waals surface area contributed by atoms with Crippen LogP contribution in [0.3, 0.4) is 0 Å². The summed E-state index contributed by atoms with van der Waals surface area (Å²) in [6.07, 6.45) is 2.28. The number of carbonyl (C=O) groups is 1. The van der Waals surface area contributed by atoms with Crippen molar-refractivity contribution in [3.63, 3.8) is 0 Å². The van der Waals surface area contributed by atoms with E-state index in [0.717, 1.165) is 25.1 Å². The van der Waals surface area contributed by atoms with E-state index in [1.165, 1.54) is 17.8 Å². The molecule has 1 saturated heterocycles. The van der Waals surface area contributed by atoms with Crippen LogP contribution in [-0.2, 0) is 16.0 Å². The predicted molar refractivity (Wildman–Crippen MR) is 115 cm³/mol. The lowest BCUT2D eigenvalue weighted by atomic mass is 10.2. The Morgan fingerprint density at radius 2 is 2.06 bits per heavy atom. The van der Waals surface area contributed by atoms with E-state index in [2.05, 4.69) is 25.5 Å². The number of H-pyrrole nitrogens is 2. The Morgan fingerprint density at radius 1 is 1.23 bits per heavy atom. The number of aromatic nitrogens is 5. The molecular weight excluding hydrogens is 420 g/mol. The van der Waals surface area contributed by atoms with Crippen LogP contribution in [0, 0.1) is 0 Å². The number of hydrogen-bond acceptors (Lipinski definition) is 7. The first-order chi connectivity index (χ1) is 15.1. The van der Waals surface area contributed by atoms with Gasteiger partial charge in [-0.25, -0.2) is 4.79 Å². The summed E-state index contributed by atoms with van der Waals surface area (Å²) < 4.78 is 7.34. The second-order valence-corrected chi connectivity index (χ2v) is 8.03. The molecule has 0 unspecified atom stereocenters. The minimum absolute atomic E-state index is 0.0877. The lowest BCUT2D eigenvalue weighted by molar-refractivity contribution is -0.119. The first-order valence-electron chi connectivity index (χ1n) is 9.92. The van der Waals surface area contributed by atoms with E-state index in [9.17, 15) is 14.4 Å². The normalized spacial score (nSPS) is 15.8. The van der Waals surface area contributed by atoms with E-state index >= 15 is 0 Å². The molecule has 1 fully saturated rings. The number of amides is 1. The lowest BCUT2D eigenvalue weighted by Crippen LogP contribution is -2.32. The van der Waals surface area contributed by atoms with Crippen molar-refractivity contribution in [1.29, 1.82) is 0 Å². The predicted octanol–water partition coefficient (Wildman–Crippen LogP) is 0.622. The fourth-order valence-electron chi connectivity index (χ4n) is 3.34. The number of aromatic amines is 2. The van der Waals surface area contributed by atoms with Gasteiger partial charge in [-0.15, -0.1) is 10.2 Å². The minimum atomic E-state index is -0.578. The molecule has 2 aromatic heterocycles. The molecule has 31 heavy (non-hydrogen) atoms. The fourth-order valence-corrected chi connectivity index (χ4v) is 4.14. The van der Waals surface area contributed by atoms with E-state index in [0.29, 0.717) is 23.2 Å². The topological polar surface area (TPSA) is 135 Å². The van der Waals surface area contributed by atoms with E-state index in [1.54, 1.807) is 0 Å². The van der Waals surface area contributed by atoms with Crippen LogP contribution < -0.4 is 16.6 Å². The number of thioether (sulfide) groups is 1. The van der Waals surface area contributed by atoms with Crippen molar-refractivity contribution in [3.8, 4) is 5.69 Å². The number of ether oxygens (including phenoxy) is 1. The van der Waals surface area contributed by atoms with Gasteiger partial charge >= 0.3 is 5.69 Å². The van der Waals surface area contributed by atoms with Gasteiger partial charge in [0.2, 0.25) is 5.91 Å². The number of para-hydroxylation sites is 1. The molecule has 10 nitrogen and oxygen atoms in total. The second kappa shape index (κ2) is 9.75. The molecule has 3 aromatic rings. The molecule has 4 rings (SSSR count). The van der Waals surface area contributed by atoms with E-state index in [4.69, 9.17) is 4.74 Å². The highest BCUT2D eigenvalue weighted by Gasteiger charge is 2.19. The molecule has 0 radical (unpaired) electrons. The minimum Gasteiger partial charge on any atom is -0.376 e. The summed E-state index contributed by atoms with van der Waals surface area (Å²) in [7, 11) is 0. The zero-order valence-electron chi connectivity index (χ0n) is 16.7. The van der Waals surface area contributed by atoms with Gasteiger partial charge in [-0.05, 0) is 25.0 Å². The first-order valence-corrected chi connectivity index (χ1v) is 10.9. The van der Waals surface area contributed by atoms with Crippen LogP contribution in [0.15, 0.2) is 51.1 Å². The molecule has 0 bridgehead atoms. The molecule has 0 saturated carbocycles. The Bertz CT molecular complexity index is 1120. The van der Waals surface area contributed by atoms with Gasteiger partial charge in [0.25, 0.3) is 5.56 Å². The van der Waals surface area contributed by atoms with Crippen molar-refractivity contribution >= 4 is 17.7 Å². The van der Waals surface area contributed by atoms with Crippen molar-refractivity contribution in [3.05, 3.63) is 68.8 Å². The Labute approximate surface area is 181 Å². The van der Waals surface area contributed by atoms with Crippen molar-refractivity contribution in [2.24, 2.45) is 0 Å². The molecule has 162 valence electrons. The van der Waals surface area contributed by atoms with Crippen LogP contribution in [0.5, 0.6) is 0 Å². The molecule has 1 amide bonds. The number of carbonyl (C=O) groups excluding carboxylic acids is 1. The first kappa shape index (κ1) is 21.1. The molecular formula is C20H22N6O4S. The molecule has 1 aromatic carbocycles. The number of nitrogens with zero attached hydrogens (tertiary/aromatic N) is 3. The third kappa shape index (κ3) is 5.50. The van der Waals surface area contributed by atoms with Crippen molar-refractivity contribution < 1.29 is 9.53 Å². The summed E-state index contributed by atoms with van der Waals surface area (Å²) >= 11 is 1.27. The molecule has 0 spiro atoms. The highest BCUT2D eigenvalue weighted by atomic mass is 32.2. The molecule has 3 heterocycles. The third-order valence-corrected chi connectivity index (χ3v) is 5.69. The van der Waals surface area contributed by atoms with Crippen LogP contribution in [0.2, 0.25) is 0 Å². The van der Waals surface area contributed by atoms with Gasteiger partial charge in [-0.2, -0.15) is 0 Å². The highest BCUT2D eigenvalue weighted by Crippen LogP contribution is 2.23. The van der Waals surface area contributed by atoms with Crippen molar-refractivity contribution in [2.45, 2.75) is 30.5 Å². The molecule has 3 N–H and O–H groups in total. The van der Waals surface area contributed by atoms with Crippen LogP contribution >= 0.6 is 11.8 Å². The van der Waals surface area contributed by atoms with Gasteiger partial charge in [-0.3, -0.25) is 19.1 Å². The number of hydrogen-bond donors (Lipinski definition) is 3. The molecule has 1 aliphatic rings. The maximum absolute atomic E-state index is 12.3. The summed E-state index contributed by atoms with van der Waals surface area (Å²) in [5.41, 5.74) is 0.175. The summed E-state index contributed by atoms with van der Waals surface area (Å²) in [6.45, 7) is 1.25. The summed E-state index contributed by atoms with van der Waals surface area (Å²) in [5.74, 6) is 0.609. The third-order valence-electron chi connectivity index (χ3n) is 4.76. The van der Waals surface area contributed by atoms with Crippen LogP contribution in [-0.4, -0.2) is 55.6 Å². The van der Waals surface area contributed by atoms with Gasteiger partial charge in [-0.1, -0.05) is 30.0 Å². The quantitative estimate of drug-likeness (QED) is 0.435. The fraction of sp³-hybridized carbons (Fsp3) is 0.350. The summed E-state index contributed by atoms with van der Waals surface area (Å²) in [6, 6.07) is 10.8. The zero-order valence-corrected chi connectivity index (χ0v) is 17.5. The standard InChI is InChI=1S/C20H22N6O4S/c27-17-10-13(22-19(29)23-17)9-16-24-25-20(26(16)14-5-2-1-3-6-14)31-12-18(28)21-11-15-7-4-8-30-15/h1-3,5-6,10,15H,4,7-9,11-12H2,(H,21,28)(H2,22,23,27,29)/t15-/m1/s1. The van der Waals surface area contributed by atoms with Crippen molar-refractivity contribution in [1.82, 2.24) is 30.0 Å². The second-order valence-electron chi connectivity index (χ2n) is 7.09. The van der Waals surface area contributed by atoms with Gasteiger partial charge in [0.1, 0.15) is 5.82 Å². The number of rotatable bonds is 8. The van der Waals surface area contributed by atoms with Gasteiger partial charge in [0, 0.05) is 37.0 Å². The highest BCUT2D eigenvalue weighted by molar-refractivity contribution is 7.99. The Morgan fingerprint density at radius 3 is 2.81 bits per heavy atom. The SMILES string of the molecule is O=C(CSc1nnc(Cc2cc(=O)[nH]c(=O)[nH]2)n1-c1ccccc1)NC[C@H]1CCCO1. The number of nitrogens with one attached hydrogen (secondary N) is 3. The van der Waals surface area contributed by atoms with E-state index < -0.39 is 11.2 Å². The number of benzene rings is 1. The maximum Gasteiger partial charge on any atom is 0.325 e. The van der Waals surface area contributed by atoms with Gasteiger partial charge < -0.3 is 15.0 Å². The molecule has 11 heteroatoms. The average Bonchev–Trinajstić information content (AvgIpc) is 3.40. The van der Waals surface area contributed by atoms with Crippen LogP contribution in [0.25, 0.3) is 5.69 Å². The smallest absolute Gasteiger partial charge is 0.325 e. The van der Waals surface area contributed by atoms with Crippen LogP contribution in [0.1, 0.15) is 24.4 Å². The van der Waals surface area contributed by atoms with Crippen LogP contribution in [0.4, 0.5) is 0 Å². The van der Waals surface area contributed by atoms with E-state index in [1.807, 2.05) is 34.9 Å². The molecule has 0 aliphatic carbocycles. The Hall–Kier alpha value is -3.18. The van der Waals surface area contributed by atoms with E-state index in [-0.39, 0.29) is 24.2 Å². The zero-order chi connectivity index (χ0) is 21.6.